The van der Waals surface area contributed by atoms with Crippen molar-refractivity contribution in [2.45, 2.75) is 51.6 Å². The number of rotatable bonds is 7. The lowest BCUT2D eigenvalue weighted by atomic mass is 9.83. The van der Waals surface area contributed by atoms with Crippen molar-refractivity contribution in [1.82, 2.24) is 10.3 Å². The smallest absolute Gasteiger partial charge is 0.0594 e. The normalized spacial score (nSPS) is 22.4. The van der Waals surface area contributed by atoms with E-state index in [1.54, 1.807) is 0 Å². The molecule has 0 radical (unpaired) electrons. The largest absolute Gasteiger partial charge is 0.379 e. The summed E-state index contributed by atoms with van der Waals surface area (Å²) in [5, 5.41) is 0. The van der Waals surface area contributed by atoms with Crippen LogP contribution >= 0.6 is 0 Å². The molecule has 1 heterocycles. The summed E-state index contributed by atoms with van der Waals surface area (Å²) >= 11 is 0. The summed E-state index contributed by atoms with van der Waals surface area (Å²) < 4.78 is 5.44. The monoisotopic (exact) mass is 255 g/mol. The van der Waals surface area contributed by atoms with Gasteiger partial charge in [-0.2, -0.15) is 0 Å². The van der Waals surface area contributed by atoms with Crippen LogP contribution in [0, 0.1) is 0 Å². The van der Waals surface area contributed by atoms with E-state index < -0.39 is 0 Å². The van der Waals surface area contributed by atoms with Gasteiger partial charge in [0.05, 0.1) is 13.2 Å². The fourth-order valence-corrected chi connectivity index (χ4v) is 2.66. The Morgan fingerprint density at radius 2 is 2.06 bits per heavy atom. The Labute approximate surface area is 112 Å². The highest BCUT2D eigenvalue weighted by atomic mass is 16.5. The third kappa shape index (κ3) is 3.54. The van der Waals surface area contributed by atoms with E-state index in [1.165, 1.54) is 5.57 Å². The molecule has 0 bridgehead atoms. The molecular weight excluding hydrogens is 226 g/mol. The van der Waals surface area contributed by atoms with Gasteiger partial charge in [0.2, 0.25) is 0 Å². The molecule has 2 unspecified atom stereocenters. The SMILES string of the molecule is C=C(CC)CC(NN)C(C)(CC)N1CCOCC1. The molecule has 4 heteroatoms. The van der Waals surface area contributed by atoms with E-state index in [0.717, 1.165) is 45.6 Å². The lowest BCUT2D eigenvalue weighted by Gasteiger charge is -2.47. The Balaban J connectivity index is 2.77. The summed E-state index contributed by atoms with van der Waals surface area (Å²) in [4.78, 5) is 2.50. The lowest BCUT2D eigenvalue weighted by molar-refractivity contribution is -0.0323. The minimum Gasteiger partial charge on any atom is -0.379 e. The minimum atomic E-state index is 0.0661. The Hall–Kier alpha value is -0.420. The van der Waals surface area contributed by atoms with Gasteiger partial charge in [0.15, 0.2) is 0 Å². The molecule has 1 aliphatic rings. The molecular formula is C14H29N3O. The van der Waals surface area contributed by atoms with E-state index in [-0.39, 0.29) is 11.6 Å². The molecule has 1 rings (SSSR count). The van der Waals surface area contributed by atoms with Gasteiger partial charge in [0, 0.05) is 24.7 Å². The van der Waals surface area contributed by atoms with Crippen LogP contribution in [0.4, 0.5) is 0 Å². The van der Waals surface area contributed by atoms with Crippen molar-refractivity contribution in [3.05, 3.63) is 12.2 Å². The van der Waals surface area contributed by atoms with Gasteiger partial charge < -0.3 is 4.74 Å². The van der Waals surface area contributed by atoms with Crippen molar-refractivity contribution in [2.24, 2.45) is 5.84 Å². The summed E-state index contributed by atoms with van der Waals surface area (Å²) in [7, 11) is 0. The van der Waals surface area contributed by atoms with Crippen molar-refractivity contribution in [3.8, 4) is 0 Å². The molecule has 0 aromatic carbocycles. The Morgan fingerprint density at radius 3 is 2.50 bits per heavy atom. The maximum atomic E-state index is 5.80. The average molecular weight is 255 g/mol. The third-order valence-electron chi connectivity index (χ3n) is 4.39. The summed E-state index contributed by atoms with van der Waals surface area (Å²) in [5.74, 6) is 5.80. The highest BCUT2D eigenvalue weighted by molar-refractivity contribution is 5.05. The molecule has 1 aliphatic heterocycles. The molecule has 4 nitrogen and oxygen atoms in total. The first-order valence-corrected chi connectivity index (χ1v) is 7.04. The maximum absolute atomic E-state index is 5.80. The molecule has 18 heavy (non-hydrogen) atoms. The molecule has 1 fully saturated rings. The van der Waals surface area contributed by atoms with Crippen LogP contribution in [0.15, 0.2) is 12.2 Å². The Bertz CT molecular complexity index is 264. The Kier molecular flexibility index (Phi) is 6.29. The number of ether oxygens (including phenoxy) is 1. The number of nitrogens with one attached hydrogen (secondary N) is 1. The second-order valence-electron chi connectivity index (χ2n) is 5.34. The quantitative estimate of drug-likeness (QED) is 0.413. The number of hydrogen-bond donors (Lipinski definition) is 2. The first kappa shape index (κ1) is 15.6. The molecule has 106 valence electrons. The number of morpholine rings is 1. The summed E-state index contributed by atoms with van der Waals surface area (Å²) in [5.41, 5.74) is 4.33. The van der Waals surface area contributed by atoms with Crippen LogP contribution in [0.2, 0.25) is 0 Å². The van der Waals surface area contributed by atoms with E-state index in [9.17, 15) is 0 Å². The lowest BCUT2D eigenvalue weighted by Crippen LogP contribution is -2.63. The molecule has 0 amide bonds. The molecule has 0 spiro atoms. The molecule has 0 aliphatic carbocycles. The van der Waals surface area contributed by atoms with Crippen molar-refractivity contribution < 1.29 is 4.74 Å². The maximum Gasteiger partial charge on any atom is 0.0594 e. The van der Waals surface area contributed by atoms with Crippen LogP contribution in [-0.4, -0.2) is 42.8 Å². The topological polar surface area (TPSA) is 50.5 Å². The fourth-order valence-electron chi connectivity index (χ4n) is 2.66. The summed E-state index contributed by atoms with van der Waals surface area (Å²) in [6.07, 6.45) is 3.02. The van der Waals surface area contributed by atoms with Crippen LogP contribution in [0.1, 0.15) is 40.0 Å². The number of nitrogens with zero attached hydrogens (tertiary/aromatic N) is 1. The van der Waals surface area contributed by atoms with Gasteiger partial charge in [-0.1, -0.05) is 26.0 Å². The fraction of sp³-hybridized carbons (Fsp3) is 0.857. The highest BCUT2D eigenvalue weighted by Gasteiger charge is 2.38. The standard InChI is InChI=1S/C14H29N3O/c1-5-12(3)11-13(16-15)14(4,6-2)17-7-9-18-10-8-17/h13,16H,3,5-11,15H2,1-2,4H3. The van der Waals surface area contributed by atoms with E-state index in [0.29, 0.717) is 0 Å². The van der Waals surface area contributed by atoms with Crippen LogP contribution < -0.4 is 11.3 Å². The predicted octanol–water partition coefficient (Wildman–Crippen LogP) is 1.68. The van der Waals surface area contributed by atoms with Crippen LogP contribution in [0.3, 0.4) is 0 Å². The van der Waals surface area contributed by atoms with E-state index in [1.807, 2.05) is 0 Å². The first-order valence-electron chi connectivity index (χ1n) is 7.04. The predicted molar refractivity (Wildman–Crippen MR) is 76.2 cm³/mol. The molecule has 2 atom stereocenters. The molecule has 0 saturated carbocycles. The Morgan fingerprint density at radius 1 is 1.44 bits per heavy atom. The van der Waals surface area contributed by atoms with Gasteiger partial charge in [-0.15, -0.1) is 0 Å². The van der Waals surface area contributed by atoms with Gasteiger partial charge in [0.25, 0.3) is 0 Å². The van der Waals surface area contributed by atoms with Crippen molar-refractivity contribution in [3.63, 3.8) is 0 Å². The average Bonchev–Trinajstić information content (AvgIpc) is 2.44. The van der Waals surface area contributed by atoms with Crippen LogP contribution in [0.25, 0.3) is 0 Å². The van der Waals surface area contributed by atoms with E-state index >= 15 is 0 Å². The second kappa shape index (κ2) is 7.24. The van der Waals surface area contributed by atoms with E-state index in [4.69, 9.17) is 10.6 Å². The van der Waals surface area contributed by atoms with Crippen molar-refractivity contribution in [2.75, 3.05) is 26.3 Å². The number of hydrogen-bond acceptors (Lipinski definition) is 4. The number of nitrogens with two attached hydrogens (primary N) is 1. The van der Waals surface area contributed by atoms with Gasteiger partial charge >= 0.3 is 0 Å². The molecule has 0 aromatic rings. The van der Waals surface area contributed by atoms with Crippen LogP contribution in [0.5, 0.6) is 0 Å². The first-order chi connectivity index (χ1) is 8.58. The van der Waals surface area contributed by atoms with Gasteiger partial charge in [-0.3, -0.25) is 16.2 Å². The summed E-state index contributed by atoms with van der Waals surface area (Å²) in [6, 6.07) is 0.244. The molecule has 0 aromatic heterocycles. The van der Waals surface area contributed by atoms with Crippen LogP contribution in [-0.2, 0) is 4.74 Å². The van der Waals surface area contributed by atoms with Gasteiger partial charge in [-0.25, -0.2) is 0 Å². The second-order valence-corrected chi connectivity index (χ2v) is 5.34. The van der Waals surface area contributed by atoms with Crippen molar-refractivity contribution >= 4 is 0 Å². The zero-order valence-electron chi connectivity index (χ0n) is 12.2. The van der Waals surface area contributed by atoms with Crippen molar-refractivity contribution in [1.29, 1.82) is 0 Å². The zero-order valence-corrected chi connectivity index (χ0v) is 12.2. The van der Waals surface area contributed by atoms with Gasteiger partial charge in [-0.05, 0) is 26.2 Å². The highest BCUT2D eigenvalue weighted by Crippen LogP contribution is 2.28. The minimum absolute atomic E-state index is 0.0661. The van der Waals surface area contributed by atoms with E-state index in [2.05, 4.69) is 37.7 Å². The third-order valence-corrected chi connectivity index (χ3v) is 4.39. The molecule has 3 N–H and O–H groups in total. The molecule has 1 saturated heterocycles. The van der Waals surface area contributed by atoms with Gasteiger partial charge in [0.1, 0.15) is 0 Å². The number of hydrazine groups is 1. The zero-order chi connectivity index (χ0) is 13.6. The summed E-state index contributed by atoms with van der Waals surface area (Å²) in [6.45, 7) is 14.4.